The van der Waals surface area contributed by atoms with Crippen LogP contribution in [0.15, 0.2) is 42.5 Å². The summed E-state index contributed by atoms with van der Waals surface area (Å²) in [6, 6.07) is 13.7. The largest absolute Gasteiger partial charge is 0.320 e. The Hall–Kier alpha value is -1.93. The average Bonchev–Trinajstić information content (AvgIpc) is 2.64. The third-order valence-electron chi connectivity index (χ3n) is 3.38. The molecule has 2 N–H and O–H groups in total. The van der Waals surface area contributed by atoms with Crippen LogP contribution in [0.2, 0.25) is 0 Å². The van der Waals surface area contributed by atoms with Crippen molar-refractivity contribution in [3.05, 3.63) is 59.2 Å². The lowest BCUT2D eigenvalue weighted by atomic mass is 9.97. The summed E-state index contributed by atoms with van der Waals surface area (Å²) in [4.78, 5) is 11.6. The minimum atomic E-state index is -0.179. The van der Waals surface area contributed by atoms with Gasteiger partial charge in [0, 0.05) is 5.56 Å². The highest BCUT2D eigenvalue weighted by molar-refractivity contribution is 5.99. The molecule has 0 saturated carbocycles. The normalized spacial score (nSPS) is 16.5. The number of rotatable bonds is 1. The fourth-order valence-corrected chi connectivity index (χ4v) is 2.61. The molecule has 84 valence electrons. The Bertz CT molecular complexity index is 616. The van der Waals surface area contributed by atoms with Gasteiger partial charge in [0.05, 0.1) is 6.04 Å². The summed E-state index contributed by atoms with van der Waals surface area (Å²) < 4.78 is 0. The van der Waals surface area contributed by atoms with Crippen LogP contribution >= 0.6 is 0 Å². The molecule has 0 fully saturated rings. The standard InChI is InChI=1S/C15H13NO/c1-9(17)10-7-4-8-12-11-5-2-3-6-13(11)15(16)14(10)12/h2-8,15H,16H2,1H3. The monoisotopic (exact) mass is 223 g/mol. The van der Waals surface area contributed by atoms with E-state index in [1.807, 2.05) is 36.4 Å². The van der Waals surface area contributed by atoms with Gasteiger partial charge in [-0.25, -0.2) is 0 Å². The lowest BCUT2D eigenvalue weighted by Gasteiger charge is -2.10. The summed E-state index contributed by atoms with van der Waals surface area (Å²) in [6.07, 6.45) is 0. The molecule has 1 aliphatic carbocycles. The fraction of sp³-hybridized carbons (Fsp3) is 0.133. The minimum Gasteiger partial charge on any atom is -0.320 e. The Morgan fingerprint density at radius 3 is 2.53 bits per heavy atom. The van der Waals surface area contributed by atoms with Gasteiger partial charge in [0.25, 0.3) is 0 Å². The van der Waals surface area contributed by atoms with Gasteiger partial charge in [0.2, 0.25) is 0 Å². The lowest BCUT2D eigenvalue weighted by molar-refractivity contribution is 0.101. The second kappa shape index (κ2) is 3.54. The molecule has 1 atom stereocenters. The van der Waals surface area contributed by atoms with E-state index in [9.17, 15) is 4.79 Å². The summed E-state index contributed by atoms with van der Waals surface area (Å²) in [6.45, 7) is 1.59. The van der Waals surface area contributed by atoms with Gasteiger partial charge in [-0.15, -0.1) is 0 Å². The molecular formula is C15H13NO. The van der Waals surface area contributed by atoms with Gasteiger partial charge >= 0.3 is 0 Å². The second-order valence-electron chi connectivity index (χ2n) is 4.39. The zero-order valence-corrected chi connectivity index (χ0v) is 9.60. The van der Waals surface area contributed by atoms with Crippen LogP contribution in [0.3, 0.4) is 0 Å². The number of hydrogen-bond acceptors (Lipinski definition) is 2. The molecule has 2 nitrogen and oxygen atoms in total. The van der Waals surface area contributed by atoms with Gasteiger partial charge < -0.3 is 5.73 Å². The second-order valence-corrected chi connectivity index (χ2v) is 4.39. The molecule has 1 unspecified atom stereocenters. The molecule has 2 aromatic rings. The van der Waals surface area contributed by atoms with Crippen LogP contribution in [0.1, 0.15) is 34.5 Å². The fourth-order valence-electron chi connectivity index (χ4n) is 2.61. The summed E-state index contributed by atoms with van der Waals surface area (Å²) in [5.41, 5.74) is 11.3. The van der Waals surface area contributed by atoms with Crippen LogP contribution in [-0.2, 0) is 0 Å². The Kier molecular flexibility index (Phi) is 2.13. The van der Waals surface area contributed by atoms with E-state index in [1.54, 1.807) is 6.92 Å². The molecule has 0 aliphatic heterocycles. The summed E-state index contributed by atoms with van der Waals surface area (Å²) in [5.74, 6) is 0.0742. The van der Waals surface area contributed by atoms with Crippen molar-refractivity contribution in [1.82, 2.24) is 0 Å². The molecule has 0 aromatic heterocycles. The van der Waals surface area contributed by atoms with Gasteiger partial charge in [-0.1, -0.05) is 42.5 Å². The maximum Gasteiger partial charge on any atom is 0.160 e. The van der Waals surface area contributed by atoms with Crippen molar-refractivity contribution in [1.29, 1.82) is 0 Å². The van der Waals surface area contributed by atoms with Crippen LogP contribution in [0, 0.1) is 0 Å². The van der Waals surface area contributed by atoms with Crippen molar-refractivity contribution in [2.75, 3.05) is 0 Å². The van der Waals surface area contributed by atoms with Crippen LogP contribution in [0.5, 0.6) is 0 Å². The van der Waals surface area contributed by atoms with E-state index in [4.69, 9.17) is 5.73 Å². The van der Waals surface area contributed by atoms with Gasteiger partial charge in [-0.2, -0.15) is 0 Å². The van der Waals surface area contributed by atoms with E-state index in [2.05, 4.69) is 6.07 Å². The first kappa shape index (κ1) is 10.2. The molecule has 3 rings (SSSR count). The van der Waals surface area contributed by atoms with Crippen molar-refractivity contribution in [3.63, 3.8) is 0 Å². The Labute approximate surface area is 100 Å². The summed E-state index contributed by atoms with van der Waals surface area (Å²) in [5, 5.41) is 0. The van der Waals surface area contributed by atoms with Gasteiger partial charge in [0.15, 0.2) is 5.78 Å². The number of fused-ring (bicyclic) bond motifs is 3. The van der Waals surface area contributed by atoms with Crippen LogP contribution in [0.25, 0.3) is 11.1 Å². The van der Waals surface area contributed by atoms with Crippen molar-refractivity contribution < 1.29 is 4.79 Å². The average molecular weight is 223 g/mol. The number of carbonyl (C=O) groups excluding carboxylic acids is 1. The Balaban J connectivity index is 2.34. The third-order valence-corrected chi connectivity index (χ3v) is 3.38. The maximum absolute atomic E-state index is 11.6. The predicted octanol–water partition coefficient (Wildman–Crippen LogP) is 2.92. The van der Waals surface area contributed by atoms with Crippen LogP contribution in [-0.4, -0.2) is 5.78 Å². The molecule has 2 heteroatoms. The van der Waals surface area contributed by atoms with Crippen molar-refractivity contribution in [2.24, 2.45) is 5.73 Å². The predicted molar refractivity (Wildman–Crippen MR) is 67.9 cm³/mol. The zero-order valence-electron chi connectivity index (χ0n) is 9.60. The Morgan fingerprint density at radius 1 is 1.06 bits per heavy atom. The molecule has 1 aliphatic rings. The molecule has 0 radical (unpaired) electrons. The molecule has 17 heavy (non-hydrogen) atoms. The van der Waals surface area contributed by atoms with Crippen molar-refractivity contribution >= 4 is 5.78 Å². The van der Waals surface area contributed by atoms with Crippen LogP contribution in [0.4, 0.5) is 0 Å². The topological polar surface area (TPSA) is 43.1 Å². The van der Waals surface area contributed by atoms with E-state index in [0.717, 1.165) is 27.8 Å². The van der Waals surface area contributed by atoms with E-state index < -0.39 is 0 Å². The van der Waals surface area contributed by atoms with Crippen LogP contribution < -0.4 is 5.73 Å². The van der Waals surface area contributed by atoms with Gasteiger partial charge in [-0.05, 0) is 29.2 Å². The number of ketones is 1. The Morgan fingerprint density at radius 2 is 1.76 bits per heavy atom. The van der Waals surface area contributed by atoms with Crippen molar-refractivity contribution in [2.45, 2.75) is 13.0 Å². The number of hydrogen-bond donors (Lipinski definition) is 1. The smallest absolute Gasteiger partial charge is 0.160 e. The molecule has 2 aromatic carbocycles. The summed E-state index contributed by atoms with van der Waals surface area (Å²) >= 11 is 0. The SMILES string of the molecule is CC(=O)c1cccc2c1C(N)c1ccccc1-2. The maximum atomic E-state index is 11.6. The quantitative estimate of drug-likeness (QED) is 0.755. The van der Waals surface area contributed by atoms with Gasteiger partial charge in [-0.3, -0.25) is 4.79 Å². The lowest BCUT2D eigenvalue weighted by Crippen LogP contribution is -2.12. The highest BCUT2D eigenvalue weighted by Crippen LogP contribution is 2.43. The highest BCUT2D eigenvalue weighted by atomic mass is 16.1. The third kappa shape index (κ3) is 1.34. The van der Waals surface area contributed by atoms with E-state index in [1.165, 1.54) is 0 Å². The van der Waals surface area contributed by atoms with Gasteiger partial charge in [0.1, 0.15) is 0 Å². The first-order valence-electron chi connectivity index (χ1n) is 5.69. The zero-order chi connectivity index (χ0) is 12.0. The van der Waals surface area contributed by atoms with E-state index >= 15 is 0 Å². The number of benzene rings is 2. The van der Waals surface area contributed by atoms with E-state index in [0.29, 0.717) is 0 Å². The number of carbonyl (C=O) groups is 1. The molecule has 0 amide bonds. The molecule has 0 saturated heterocycles. The molecule has 0 bridgehead atoms. The molecule has 0 spiro atoms. The summed E-state index contributed by atoms with van der Waals surface area (Å²) in [7, 11) is 0. The highest BCUT2D eigenvalue weighted by Gasteiger charge is 2.28. The molecular weight excluding hydrogens is 210 g/mol. The first-order chi connectivity index (χ1) is 8.20. The first-order valence-corrected chi connectivity index (χ1v) is 5.69. The number of Topliss-reactive ketones (excluding diaryl/α,β-unsaturated/α-hetero) is 1. The van der Waals surface area contributed by atoms with Crippen molar-refractivity contribution in [3.8, 4) is 11.1 Å². The van der Waals surface area contributed by atoms with E-state index in [-0.39, 0.29) is 11.8 Å². The molecule has 0 heterocycles. The number of nitrogens with two attached hydrogens (primary N) is 1. The minimum absolute atomic E-state index is 0.0742.